The van der Waals surface area contributed by atoms with E-state index in [2.05, 4.69) is 22.0 Å². The predicted molar refractivity (Wildman–Crippen MR) is 63.3 cm³/mol. The lowest BCUT2D eigenvalue weighted by molar-refractivity contribution is 0.587. The van der Waals surface area contributed by atoms with E-state index in [1.807, 2.05) is 0 Å². The fourth-order valence-electron chi connectivity index (χ4n) is 1.44. The molecule has 2 aromatic carbocycles. The van der Waals surface area contributed by atoms with Gasteiger partial charge in [-0.1, -0.05) is 27.5 Å². The molecule has 0 saturated carbocycles. The number of halogens is 5. The van der Waals surface area contributed by atoms with Crippen molar-refractivity contribution in [2.75, 3.05) is 0 Å². The second-order valence-corrected chi connectivity index (χ2v) is 4.61. The van der Waals surface area contributed by atoms with Gasteiger partial charge in [-0.2, -0.15) is 0 Å². The van der Waals surface area contributed by atoms with E-state index >= 15 is 0 Å². The number of benzene rings is 2. The van der Waals surface area contributed by atoms with Gasteiger partial charge in [0.25, 0.3) is 0 Å². The highest BCUT2D eigenvalue weighted by atomic mass is 79.9. The van der Waals surface area contributed by atoms with Crippen LogP contribution in [0.4, 0.5) is 13.2 Å². The topological polar surface area (TPSA) is 0 Å². The van der Waals surface area contributed by atoms with Crippen LogP contribution >= 0.6 is 27.5 Å². The molecule has 5 heteroatoms. The van der Waals surface area contributed by atoms with Crippen molar-refractivity contribution in [1.29, 1.82) is 0 Å². The summed E-state index contributed by atoms with van der Waals surface area (Å²) in [5.41, 5.74) is -0.392. The lowest BCUT2D eigenvalue weighted by Gasteiger charge is -2.08. The molecule has 2 rings (SSSR count). The molecular weight excluding hydrogens is 316 g/mol. The van der Waals surface area contributed by atoms with E-state index in [4.69, 9.17) is 11.6 Å². The van der Waals surface area contributed by atoms with Gasteiger partial charge in [-0.05, 0) is 24.3 Å². The minimum atomic E-state index is -0.815. The molecule has 0 aliphatic carbocycles. The van der Waals surface area contributed by atoms with Crippen LogP contribution in [0.25, 0.3) is 11.1 Å². The van der Waals surface area contributed by atoms with Crippen LogP contribution in [0.3, 0.4) is 0 Å². The summed E-state index contributed by atoms with van der Waals surface area (Å²) in [5.74, 6) is -2.36. The van der Waals surface area contributed by atoms with Crippen LogP contribution in [0.5, 0.6) is 0 Å². The van der Waals surface area contributed by atoms with Gasteiger partial charge in [0.15, 0.2) is 0 Å². The molecular formula is C12H4BrClF3. The molecule has 0 bridgehead atoms. The van der Waals surface area contributed by atoms with Crippen LogP contribution in [0, 0.1) is 23.5 Å². The van der Waals surface area contributed by atoms with Gasteiger partial charge < -0.3 is 0 Å². The van der Waals surface area contributed by atoms with Gasteiger partial charge in [0.2, 0.25) is 0 Å². The van der Waals surface area contributed by atoms with Crippen LogP contribution in [-0.4, -0.2) is 0 Å². The molecule has 0 saturated heterocycles. The van der Waals surface area contributed by atoms with Gasteiger partial charge in [-0.25, -0.2) is 13.2 Å². The van der Waals surface area contributed by atoms with Crippen molar-refractivity contribution in [3.8, 4) is 11.1 Å². The van der Waals surface area contributed by atoms with E-state index in [1.54, 1.807) is 0 Å². The van der Waals surface area contributed by atoms with Crippen molar-refractivity contribution in [3.63, 3.8) is 0 Å². The lowest BCUT2D eigenvalue weighted by atomic mass is 10.0. The molecule has 0 spiro atoms. The Hall–Kier alpha value is -1.00. The Morgan fingerprint density at radius 3 is 2.24 bits per heavy atom. The lowest BCUT2D eigenvalue weighted by Crippen LogP contribution is -1.92. The summed E-state index contributed by atoms with van der Waals surface area (Å²) in [6, 6.07) is 6.45. The maximum absolute atomic E-state index is 13.6. The third kappa shape index (κ3) is 2.48. The molecule has 1 radical (unpaired) electrons. The predicted octanol–water partition coefficient (Wildman–Crippen LogP) is 4.99. The Balaban J connectivity index is 2.72. The molecule has 0 atom stereocenters. The summed E-state index contributed by atoms with van der Waals surface area (Å²) in [7, 11) is 0. The highest BCUT2D eigenvalue weighted by Crippen LogP contribution is 2.34. The van der Waals surface area contributed by atoms with Crippen molar-refractivity contribution >= 4 is 27.5 Å². The van der Waals surface area contributed by atoms with Gasteiger partial charge in [0.05, 0.1) is 5.56 Å². The van der Waals surface area contributed by atoms with E-state index in [9.17, 15) is 13.2 Å². The maximum Gasteiger partial charge on any atom is 0.135 e. The number of rotatable bonds is 1. The standard InChI is InChI=1S/C12H4BrClF3/c13-6-3-10(16)12(11(17)4-6)8-5-7(15)1-2-9(8)14/h2-5H. The molecule has 0 fully saturated rings. The zero-order valence-electron chi connectivity index (χ0n) is 8.20. The second kappa shape index (κ2) is 4.70. The number of hydrogen-bond acceptors (Lipinski definition) is 0. The van der Waals surface area contributed by atoms with Crippen molar-refractivity contribution in [2.45, 2.75) is 0 Å². The van der Waals surface area contributed by atoms with Gasteiger partial charge in [0, 0.05) is 21.1 Å². The van der Waals surface area contributed by atoms with Gasteiger partial charge in [-0.3, -0.25) is 0 Å². The summed E-state index contributed by atoms with van der Waals surface area (Å²) in [4.78, 5) is 0. The molecule has 87 valence electrons. The van der Waals surface area contributed by atoms with Crippen LogP contribution in [0.1, 0.15) is 0 Å². The largest absolute Gasteiger partial charge is 0.206 e. The summed E-state index contributed by atoms with van der Waals surface area (Å²) < 4.78 is 40.6. The molecule has 0 N–H and O–H groups in total. The first-order chi connectivity index (χ1) is 7.99. The first-order valence-electron chi connectivity index (χ1n) is 4.50. The second-order valence-electron chi connectivity index (χ2n) is 3.29. The molecule has 0 nitrogen and oxygen atoms in total. The highest BCUT2D eigenvalue weighted by Gasteiger charge is 2.16. The molecule has 0 aliphatic rings. The summed E-state index contributed by atoms with van der Waals surface area (Å²) >= 11 is 8.73. The normalized spacial score (nSPS) is 10.6. The van der Waals surface area contributed by atoms with E-state index in [0.29, 0.717) is 0 Å². The third-order valence-corrected chi connectivity index (χ3v) is 2.91. The Kier molecular flexibility index (Phi) is 3.45. The third-order valence-electron chi connectivity index (χ3n) is 2.14. The molecule has 0 amide bonds. The monoisotopic (exact) mass is 319 g/mol. The van der Waals surface area contributed by atoms with E-state index < -0.39 is 17.5 Å². The first kappa shape index (κ1) is 12.5. The summed E-state index contributed by atoms with van der Waals surface area (Å²) in [6.45, 7) is 0. The Labute approximate surface area is 109 Å². The van der Waals surface area contributed by atoms with Crippen molar-refractivity contribution in [2.24, 2.45) is 0 Å². The Morgan fingerprint density at radius 2 is 1.65 bits per heavy atom. The molecule has 0 aromatic heterocycles. The van der Waals surface area contributed by atoms with E-state index in [-0.39, 0.29) is 20.6 Å². The maximum atomic E-state index is 13.6. The van der Waals surface area contributed by atoms with E-state index in [1.165, 1.54) is 0 Å². The molecule has 0 aliphatic heterocycles. The van der Waals surface area contributed by atoms with Crippen LogP contribution in [0.15, 0.2) is 28.7 Å². The Bertz CT molecular complexity index is 561. The SMILES string of the molecule is Fc1[c]cc(Cl)c(-c2c(F)cc(Br)cc2F)c1. The highest BCUT2D eigenvalue weighted by molar-refractivity contribution is 9.10. The smallest absolute Gasteiger partial charge is 0.135 e. The van der Waals surface area contributed by atoms with Crippen molar-refractivity contribution in [3.05, 3.63) is 57.3 Å². The zero-order valence-corrected chi connectivity index (χ0v) is 10.5. The van der Waals surface area contributed by atoms with Crippen LogP contribution in [-0.2, 0) is 0 Å². The summed E-state index contributed by atoms with van der Waals surface area (Å²) in [5, 5.41) is 0.0338. The fourth-order valence-corrected chi connectivity index (χ4v) is 2.04. The summed E-state index contributed by atoms with van der Waals surface area (Å²) in [6.07, 6.45) is 0. The molecule has 0 unspecified atom stereocenters. The minimum absolute atomic E-state index is 0.0338. The van der Waals surface area contributed by atoms with Crippen molar-refractivity contribution < 1.29 is 13.2 Å². The average Bonchev–Trinajstić information content (AvgIpc) is 2.21. The number of hydrogen-bond donors (Lipinski definition) is 0. The molecule has 2 aromatic rings. The van der Waals surface area contributed by atoms with Gasteiger partial charge in [-0.15, -0.1) is 0 Å². The zero-order chi connectivity index (χ0) is 12.6. The minimum Gasteiger partial charge on any atom is -0.206 e. The van der Waals surface area contributed by atoms with Gasteiger partial charge >= 0.3 is 0 Å². The quantitative estimate of drug-likeness (QED) is 0.694. The van der Waals surface area contributed by atoms with Gasteiger partial charge in [0.1, 0.15) is 17.5 Å². The van der Waals surface area contributed by atoms with E-state index in [0.717, 1.165) is 24.3 Å². The fraction of sp³-hybridized carbons (Fsp3) is 0. The Morgan fingerprint density at radius 1 is 1.06 bits per heavy atom. The van der Waals surface area contributed by atoms with Crippen molar-refractivity contribution in [1.82, 2.24) is 0 Å². The van der Waals surface area contributed by atoms with Crippen LogP contribution in [0.2, 0.25) is 5.02 Å². The first-order valence-corrected chi connectivity index (χ1v) is 5.68. The molecule has 0 heterocycles. The average molecular weight is 321 g/mol. The van der Waals surface area contributed by atoms with Crippen LogP contribution < -0.4 is 0 Å². The molecule has 17 heavy (non-hydrogen) atoms.